The second-order valence-corrected chi connectivity index (χ2v) is 9.66. The van der Waals surface area contributed by atoms with Gasteiger partial charge in [0, 0.05) is 59.0 Å². The Balaban J connectivity index is 0.000000295. The van der Waals surface area contributed by atoms with Crippen molar-refractivity contribution in [1.29, 1.82) is 0 Å². The molecule has 3 amide bonds. The zero-order valence-corrected chi connectivity index (χ0v) is 21.9. The summed E-state index contributed by atoms with van der Waals surface area (Å²) in [6.45, 7) is 9.13. The Morgan fingerprint density at radius 3 is 1.36 bits per heavy atom. The highest BCUT2D eigenvalue weighted by Gasteiger charge is 2.19. The van der Waals surface area contributed by atoms with E-state index in [0.29, 0.717) is 17.7 Å². The van der Waals surface area contributed by atoms with E-state index in [2.05, 4.69) is 6.92 Å². The number of carbonyl (C=O) groups excluding carboxylic acids is 3. The number of amides is 3. The van der Waals surface area contributed by atoms with E-state index < -0.39 is 0 Å². The number of carbonyl (C=O) groups is 3. The third kappa shape index (κ3) is 13.6. The summed E-state index contributed by atoms with van der Waals surface area (Å²) >= 11 is 0. The van der Waals surface area contributed by atoms with Crippen molar-refractivity contribution in [1.82, 2.24) is 14.7 Å². The quantitative estimate of drug-likeness (QED) is 0.363. The second kappa shape index (κ2) is 18.8. The summed E-state index contributed by atoms with van der Waals surface area (Å²) in [4.78, 5) is 38.3. The van der Waals surface area contributed by atoms with Gasteiger partial charge in [-0.2, -0.15) is 0 Å². The summed E-state index contributed by atoms with van der Waals surface area (Å²) in [7, 11) is 1.84. The number of nitrogens with zero attached hydrogens (tertiary/aromatic N) is 3. The van der Waals surface area contributed by atoms with Crippen LogP contribution in [-0.4, -0.2) is 72.2 Å². The minimum absolute atomic E-state index is 0.292. The summed E-state index contributed by atoms with van der Waals surface area (Å²) < 4.78 is 0. The topological polar surface area (TPSA) is 60.9 Å². The molecule has 0 unspecified atom stereocenters. The molecule has 0 aliphatic carbocycles. The van der Waals surface area contributed by atoms with Crippen LogP contribution in [0.4, 0.5) is 0 Å². The molecule has 3 saturated heterocycles. The Morgan fingerprint density at radius 2 is 1.03 bits per heavy atom. The van der Waals surface area contributed by atoms with Gasteiger partial charge in [-0.05, 0) is 32.6 Å². The number of hydrogen-bond donors (Lipinski definition) is 0. The minimum Gasteiger partial charge on any atom is -0.346 e. The lowest BCUT2D eigenvalue weighted by atomic mass is 10.1. The highest BCUT2D eigenvalue weighted by Crippen LogP contribution is 2.13. The summed E-state index contributed by atoms with van der Waals surface area (Å²) in [5.41, 5.74) is 0. The number of likely N-dealkylation sites (tertiary alicyclic amines) is 3. The molecule has 33 heavy (non-hydrogen) atoms. The summed E-state index contributed by atoms with van der Waals surface area (Å²) in [5, 5.41) is 0. The van der Waals surface area contributed by atoms with Gasteiger partial charge in [0.25, 0.3) is 0 Å². The number of rotatable bonds is 12. The van der Waals surface area contributed by atoms with Crippen LogP contribution < -0.4 is 0 Å². The van der Waals surface area contributed by atoms with Crippen LogP contribution in [0.15, 0.2) is 0 Å². The zero-order chi connectivity index (χ0) is 24.3. The summed E-state index contributed by atoms with van der Waals surface area (Å²) in [6, 6.07) is 0. The molecule has 0 radical (unpaired) electrons. The molecule has 3 rings (SSSR count). The molecular formula is C27H51N3O3. The molecule has 192 valence electrons. The van der Waals surface area contributed by atoms with Gasteiger partial charge in [0.1, 0.15) is 0 Å². The SMILES string of the molecule is CCCCCCCCCCCCN1CCCC1=O.CCN1CCCC1=O.CN1CCCC1=O. The summed E-state index contributed by atoms with van der Waals surface area (Å²) in [5.74, 6) is 0.999. The van der Waals surface area contributed by atoms with Crippen LogP contribution in [0.5, 0.6) is 0 Å². The van der Waals surface area contributed by atoms with Crippen molar-refractivity contribution in [3.05, 3.63) is 0 Å². The van der Waals surface area contributed by atoms with Crippen molar-refractivity contribution >= 4 is 17.7 Å². The first-order chi connectivity index (χ1) is 16.0. The Hall–Kier alpha value is -1.59. The molecule has 0 atom stereocenters. The van der Waals surface area contributed by atoms with Crippen molar-refractivity contribution in [2.24, 2.45) is 0 Å². The molecule has 6 heteroatoms. The largest absolute Gasteiger partial charge is 0.346 e. The zero-order valence-electron chi connectivity index (χ0n) is 21.9. The average molecular weight is 466 g/mol. The molecule has 3 heterocycles. The molecule has 6 nitrogen and oxygen atoms in total. The van der Waals surface area contributed by atoms with Gasteiger partial charge >= 0.3 is 0 Å². The molecule has 0 aromatic carbocycles. The van der Waals surface area contributed by atoms with E-state index in [1.807, 2.05) is 23.8 Å². The molecule has 0 saturated carbocycles. The van der Waals surface area contributed by atoms with Crippen molar-refractivity contribution in [3.8, 4) is 0 Å². The average Bonchev–Trinajstić information content (AvgIpc) is 3.52. The number of unbranched alkanes of at least 4 members (excludes halogenated alkanes) is 9. The molecule has 3 aliphatic heterocycles. The van der Waals surface area contributed by atoms with Gasteiger partial charge in [0.05, 0.1) is 0 Å². The van der Waals surface area contributed by atoms with Gasteiger partial charge in [-0.1, -0.05) is 64.7 Å². The maximum Gasteiger partial charge on any atom is 0.222 e. The van der Waals surface area contributed by atoms with E-state index in [1.165, 1.54) is 64.2 Å². The van der Waals surface area contributed by atoms with Gasteiger partial charge in [-0.25, -0.2) is 0 Å². The fourth-order valence-electron chi connectivity index (χ4n) is 4.55. The fraction of sp³-hybridized carbons (Fsp3) is 0.889. The van der Waals surface area contributed by atoms with E-state index >= 15 is 0 Å². The summed E-state index contributed by atoms with van der Waals surface area (Å²) in [6.07, 6.45) is 19.2. The van der Waals surface area contributed by atoms with Crippen LogP contribution in [0.25, 0.3) is 0 Å². The van der Waals surface area contributed by atoms with E-state index in [0.717, 1.165) is 71.2 Å². The predicted octanol–water partition coefficient (Wildman–Crippen LogP) is 5.40. The highest BCUT2D eigenvalue weighted by atomic mass is 16.2. The molecule has 0 bridgehead atoms. The van der Waals surface area contributed by atoms with Crippen LogP contribution in [-0.2, 0) is 14.4 Å². The van der Waals surface area contributed by atoms with Crippen molar-refractivity contribution in [2.45, 2.75) is 117 Å². The van der Waals surface area contributed by atoms with Gasteiger partial charge in [0.2, 0.25) is 17.7 Å². The Kier molecular flexibility index (Phi) is 16.8. The van der Waals surface area contributed by atoms with Crippen LogP contribution in [0, 0.1) is 0 Å². The lowest BCUT2D eigenvalue weighted by Crippen LogP contribution is -2.25. The van der Waals surface area contributed by atoms with Gasteiger partial charge in [0.15, 0.2) is 0 Å². The van der Waals surface area contributed by atoms with E-state index in [-0.39, 0.29) is 0 Å². The third-order valence-corrected chi connectivity index (χ3v) is 6.82. The van der Waals surface area contributed by atoms with Crippen molar-refractivity contribution < 1.29 is 14.4 Å². The lowest BCUT2D eigenvalue weighted by molar-refractivity contribution is -0.128. The first-order valence-corrected chi connectivity index (χ1v) is 13.8. The van der Waals surface area contributed by atoms with Crippen molar-refractivity contribution in [3.63, 3.8) is 0 Å². The van der Waals surface area contributed by atoms with Gasteiger partial charge in [-0.15, -0.1) is 0 Å². The Bertz CT molecular complexity index is 553. The highest BCUT2D eigenvalue weighted by molar-refractivity contribution is 5.78. The van der Waals surface area contributed by atoms with Crippen LogP contribution in [0.1, 0.15) is 117 Å². The third-order valence-electron chi connectivity index (χ3n) is 6.82. The molecule has 3 fully saturated rings. The normalized spacial score (nSPS) is 17.9. The van der Waals surface area contributed by atoms with Gasteiger partial charge < -0.3 is 14.7 Å². The maximum atomic E-state index is 11.4. The second-order valence-electron chi connectivity index (χ2n) is 9.66. The monoisotopic (exact) mass is 465 g/mol. The number of hydrogen-bond acceptors (Lipinski definition) is 3. The molecule has 3 aliphatic rings. The van der Waals surface area contributed by atoms with E-state index in [9.17, 15) is 14.4 Å². The van der Waals surface area contributed by atoms with Crippen molar-refractivity contribution in [2.75, 3.05) is 39.8 Å². The van der Waals surface area contributed by atoms with Gasteiger partial charge in [-0.3, -0.25) is 14.4 Å². The molecule has 0 aromatic rings. The minimum atomic E-state index is 0.292. The molecule has 0 aromatic heterocycles. The van der Waals surface area contributed by atoms with Crippen LogP contribution in [0.2, 0.25) is 0 Å². The van der Waals surface area contributed by atoms with E-state index in [1.54, 1.807) is 4.90 Å². The lowest BCUT2D eigenvalue weighted by Gasteiger charge is -2.14. The standard InChI is InChI=1S/C16H31NO.C6H11NO.C5H9NO/c1-2-3-4-5-6-7-8-9-10-11-14-17-15-12-13-16(17)18;1-2-7-5-3-4-6(7)8;1-6-4-2-3-5(6)7/h2-15H2,1H3;2-5H2,1H3;2-4H2,1H3. The Morgan fingerprint density at radius 1 is 0.576 bits per heavy atom. The maximum absolute atomic E-state index is 11.4. The molecular weight excluding hydrogens is 414 g/mol. The first kappa shape index (κ1) is 29.4. The van der Waals surface area contributed by atoms with E-state index in [4.69, 9.17) is 0 Å². The smallest absolute Gasteiger partial charge is 0.222 e. The fourth-order valence-corrected chi connectivity index (χ4v) is 4.55. The first-order valence-electron chi connectivity index (χ1n) is 13.8. The van der Waals surface area contributed by atoms with Crippen LogP contribution >= 0.6 is 0 Å². The molecule has 0 spiro atoms. The Labute approximate surface area is 203 Å². The predicted molar refractivity (Wildman–Crippen MR) is 136 cm³/mol. The molecule has 0 N–H and O–H groups in total. The van der Waals surface area contributed by atoms with Crippen LogP contribution in [0.3, 0.4) is 0 Å².